The fraction of sp³-hybridized carbons (Fsp3) is 0.571. The third-order valence-corrected chi connectivity index (χ3v) is 4.24. The Balaban J connectivity index is 1.56. The molecule has 1 saturated carbocycles. The van der Waals surface area contributed by atoms with E-state index in [1.165, 1.54) is 11.1 Å². The van der Waals surface area contributed by atoms with Crippen LogP contribution in [0, 0.1) is 0 Å². The van der Waals surface area contributed by atoms with Crippen molar-refractivity contribution in [1.82, 2.24) is 5.32 Å². The Hall–Kier alpha value is -0.570. The lowest BCUT2D eigenvalue weighted by atomic mass is 9.88. The summed E-state index contributed by atoms with van der Waals surface area (Å²) in [4.78, 5) is 0. The summed E-state index contributed by atoms with van der Waals surface area (Å²) in [5.41, 5.74) is 2.87. The quantitative estimate of drug-likeness (QED) is 0.892. The lowest BCUT2D eigenvalue weighted by Crippen LogP contribution is -2.49. The van der Waals surface area contributed by atoms with Gasteiger partial charge in [0.25, 0.3) is 0 Å². The zero-order valence-corrected chi connectivity index (χ0v) is 10.8. The standard InChI is InChI=1S/C14H18ClNO/c1-17-14-7-13(8-14)16-12-5-9-2-3-11(15)4-10(9)6-12/h2-4,12-14,16H,5-8H2,1H3. The van der Waals surface area contributed by atoms with Gasteiger partial charge < -0.3 is 10.1 Å². The number of rotatable bonds is 3. The molecule has 1 aromatic carbocycles. The first kappa shape index (κ1) is 11.5. The van der Waals surface area contributed by atoms with Crippen LogP contribution in [0.3, 0.4) is 0 Å². The van der Waals surface area contributed by atoms with Crippen molar-refractivity contribution in [2.24, 2.45) is 0 Å². The molecule has 0 bridgehead atoms. The first-order valence-electron chi connectivity index (χ1n) is 6.30. The highest BCUT2D eigenvalue weighted by Crippen LogP contribution is 2.28. The maximum atomic E-state index is 6.02. The van der Waals surface area contributed by atoms with Crippen LogP contribution in [0.2, 0.25) is 5.02 Å². The van der Waals surface area contributed by atoms with Crippen LogP contribution in [-0.4, -0.2) is 25.3 Å². The van der Waals surface area contributed by atoms with Gasteiger partial charge in [-0.3, -0.25) is 0 Å². The second-order valence-electron chi connectivity index (χ2n) is 5.21. The first-order valence-corrected chi connectivity index (χ1v) is 6.68. The summed E-state index contributed by atoms with van der Waals surface area (Å²) in [5, 5.41) is 4.58. The fourth-order valence-corrected chi connectivity index (χ4v) is 3.13. The van der Waals surface area contributed by atoms with Crippen LogP contribution in [-0.2, 0) is 17.6 Å². The normalized spacial score (nSPS) is 31.1. The third kappa shape index (κ3) is 2.35. The molecule has 0 aromatic heterocycles. The first-order chi connectivity index (χ1) is 8.24. The maximum absolute atomic E-state index is 6.02. The molecule has 0 aliphatic heterocycles. The summed E-state index contributed by atoms with van der Waals surface area (Å²) in [6.45, 7) is 0. The molecular formula is C14H18ClNO. The number of halogens is 1. The van der Waals surface area contributed by atoms with Gasteiger partial charge in [0, 0.05) is 24.2 Å². The maximum Gasteiger partial charge on any atom is 0.0601 e. The topological polar surface area (TPSA) is 21.3 Å². The molecule has 17 heavy (non-hydrogen) atoms. The van der Waals surface area contributed by atoms with Gasteiger partial charge in [0.2, 0.25) is 0 Å². The number of benzene rings is 1. The van der Waals surface area contributed by atoms with E-state index >= 15 is 0 Å². The Kier molecular flexibility index (Phi) is 3.12. The number of ether oxygens (including phenoxy) is 1. The number of methoxy groups -OCH3 is 1. The molecule has 1 unspecified atom stereocenters. The Labute approximate surface area is 107 Å². The fourth-order valence-electron chi connectivity index (χ4n) is 2.93. The molecule has 1 aromatic rings. The largest absolute Gasteiger partial charge is 0.381 e. The minimum absolute atomic E-state index is 0.478. The Bertz CT molecular complexity index is 415. The smallest absolute Gasteiger partial charge is 0.0601 e. The van der Waals surface area contributed by atoms with Crippen molar-refractivity contribution >= 4 is 11.6 Å². The molecule has 0 amide bonds. The molecule has 0 heterocycles. The molecular weight excluding hydrogens is 234 g/mol. The summed E-state index contributed by atoms with van der Waals surface area (Å²) in [6, 6.07) is 7.50. The highest BCUT2D eigenvalue weighted by molar-refractivity contribution is 6.30. The van der Waals surface area contributed by atoms with Gasteiger partial charge in [-0.2, -0.15) is 0 Å². The van der Waals surface area contributed by atoms with Crippen LogP contribution in [0.4, 0.5) is 0 Å². The molecule has 1 N–H and O–H groups in total. The number of hydrogen-bond donors (Lipinski definition) is 1. The van der Waals surface area contributed by atoms with Gasteiger partial charge in [0.05, 0.1) is 6.10 Å². The molecule has 3 heteroatoms. The van der Waals surface area contributed by atoms with Crippen LogP contribution in [0.15, 0.2) is 18.2 Å². The van der Waals surface area contributed by atoms with Crippen molar-refractivity contribution in [2.75, 3.05) is 7.11 Å². The molecule has 1 fully saturated rings. The van der Waals surface area contributed by atoms with Crippen molar-refractivity contribution in [3.05, 3.63) is 34.3 Å². The Morgan fingerprint density at radius 1 is 1.18 bits per heavy atom. The average molecular weight is 252 g/mol. The monoisotopic (exact) mass is 251 g/mol. The van der Waals surface area contributed by atoms with Crippen LogP contribution in [0.1, 0.15) is 24.0 Å². The summed E-state index contributed by atoms with van der Waals surface area (Å²) >= 11 is 6.02. The van der Waals surface area contributed by atoms with Crippen LogP contribution in [0.5, 0.6) is 0 Å². The number of fused-ring (bicyclic) bond motifs is 1. The van der Waals surface area contributed by atoms with Gasteiger partial charge in [-0.15, -0.1) is 0 Å². The molecule has 2 aliphatic rings. The molecule has 3 rings (SSSR count). The predicted octanol–water partition coefficient (Wildman–Crippen LogP) is 2.57. The molecule has 1 atom stereocenters. The van der Waals surface area contributed by atoms with E-state index in [9.17, 15) is 0 Å². The van der Waals surface area contributed by atoms with E-state index in [-0.39, 0.29) is 0 Å². The summed E-state index contributed by atoms with van der Waals surface area (Å²) < 4.78 is 5.30. The van der Waals surface area contributed by atoms with Gasteiger partial charge in [-0.1, -0.05) is 17.7 Å². The van der Waals surface area contributed by atoms with Crippen molar-refractivity contribution < 1.29 is 4.74 Å². The van der Waals surface area contributed by atoms with E-state index in [1.54, 1.807) is 7.11 Å². The average Bonchev–Trinajstić information content (AvgIpc) is 2.64. The lowest BCUT2D eigenvalue weighted by Gasteiger charge is -2.36. The lowest BCUT2D eigenvalue weighted by molar-refractivity contribution is 0.0145. The second kappa shape index (κ2) is 4.60. The van der Waals surface area contributed by atoms with Crippen molar-refractivity contribution in [2.45, 2.75) is 43.9 Å². The van der Waals surface area contributed by atoms with Crippen LogP contribution < -0.4 is 5.32 Å². The van der Waals surface area contributed by atoms with Crippen LogP contribution >= 0.6 is 11.6 Å². The van der Waals surface area contributed by atoms with Gasteiger partial charge >= 0.3 is 0 Å². The molecule has 92 valence electrons. The Morgan fingerprint density at radius 3 is 2.71 bits per heavy atom. The molecule has 0 radical (unpaired) electrons. The number of nitrogens with one attached hydrogen (secondary N) is 1. The van der Waals surface area contributed by atoms with E-state index in [4.69, 9.17) is 16.3 Å². The minimum atomic E-state index is 0.478. The minimum Gasteiger partial charge on any atom is -0.381 e. The molecule has 0 saturated heterocycles. The van der Waals surface area contributed by atoms with E-state index in [0.29, 0.717) is 18.2 Å². The Morgan fingerprint density at radius 2 is 1.94 bits per heavy atom. The van der Waals surface area contributed by atoms with Crippen molar-refractivity contribution in [3.8, 4) is 0 Å². The summed E-state index contributed by atoms with van der Waals surface area (Å²) in [6.07, 6.45) is 5.05. The molecule has 2 aliphatic carbocycles. The second-order valence-corrected chi connectivity index (χ2v) is 5.65. The van der Waals surface area contributed by atoms with Gasteiger partial charge in [-0.25, -0.2) is 0 Å². The molecule has 2 nitrogen and oxygen atoms in total. The predicted molar refractivity (Wildman–Crippen MR) is 69.6 cm³/mol. The van der Waals surface area contributed by atoms with E-state index in [1.807, 2.05) is 6.07 Å². The zero-order chi connectivity index (χ0) is 11.8. The zero-order valence-electron chi connectivity index (χ0n) is 10.1. The highest BCUT2D eigenvalue weighted by atomic mass is 35.5. The van der Waals surface area contributed by atoms with Gasteiger partial charge in [-0.05, 0) is 48.9 Å². The van der Waals surface area contributed by atoms with E-state index < -0.39 is 0 Å². The van der Waals surface area contributed by atoms with E-state index in [0.717, 1.165) is 30.7 Å². The number of hydrogen-bond acceptors (Lipinski definition) is 2. The van der Waals surface area contributed by atoms with Gasteiger partial charge in [0.15, 0.2) is 0 Å². The van der Waals surface area contributed by atoms with Gasteiger partial charge in [0.1, 0.15) is 0 Å². The molecule has 0 spiro atoms. The van der Waals surface area contributed by atoms with Crippen molar-refractivity contribution in [3.63, 3.8) is 0 Å². The summed E-state index contributed by atoms with van der Waals surface area (Å²) in [7, 11) is 1.80. The van der Waals surface area contributed by atoms with E-state index in [2.05, 4.69) is 17.4 Å². The van der Waals surface area contributed by atoms with Crippen LogP contribution in [0.25, 0.3) is 0 Å². The summed E-state index contributed by atoms with van der Waals surface area (Å²) in [5.74, 6) is 0. The van der Waals surface area contributed by atoms with Crippen molar-refractivity contribution in [1.29, 1.82) is 0 Å². The third-order valence-electron chi connectivity index (χ3n) is 4.00. The SMILES string of the molecule is COC1CC(NC2Cc3ccc(Cl)cc3C2)C1. The highest BCUT2D eigenvalue weighted by Gasteiger charge is 2.32.